The van der Waals surface area contributed by atoms with Crippen LogP contribution >= 0.6 is 12.6 Å². The molecule has 0 radical (unpaired) electrons. The quantitative estimate of drug-likeness (QED) is 0.455. The summed E-state index contributed by atoms with van der Waals surface area (Å²) in [6.07, 6.45) is 8.75. The van der Waals surface area contributed by atoms with Crippen molar-refractivity contribution in [1.82, 2.24) is 0 Å². The summed E-state index contributed by atoms with van der Waals surface area (Å²) in [5, 5.41) is 9.99. The minimum atomic E-state index is -0.555. The zero-order valence-corrected chi connectivity index (χ0v) is 14.0. The monoisotopic (exact) mass is 288 g/mol. The molecule has 2 atom stereocenters. The summed E-state index contributed by atoms with van der Waals surface area (Å²) in [4.78, 5) is 11.5. The normalized spacial score (nSPS) is 15.3. The van der Waals surface area contributed by atoms with Crippen LogP contribution in [0.5, 0.6) is 0 Å². The summed E-state index contributed by atoms with van der Waals surface area (Å²) in [5.41, 5.74) is -0.223. The van der Waals surface area contributed by atoms with Crippen LogP contribution in [0.1, 0.15) is 79.1 Å². The molecule has 0 amide bonds. The van der Waals surface area contributed by atoms with Crippen LogP contribution in [0.3, 0.4) is 0 Å². The van der Waals surface area contributed by atoms with E-state index in [-0.39, 0.29) is 16.4 Å². The van der Waals surface area contributed by atoms with E-state index in [1.165, 1.54) is 32.1 Å². The Kier molecular flexibility index (Phi) is 9.81. The van der Waals surface area contributed by atoms with Gasteiger partial charge in [0.15, 0.2) is 5.12 Å². The summed E-state index contributed by atoms with van der Waals surface area (Å²) in [6, 6.07) is 0. The first-order valence-corrected chi connectivity index (χ1v) is 8.16. The Hall–Kier alpha value is -0.0200. The van der Waals surface area contributed by atoms with Gasteiger partial charge in [-0.2, -0.15) is 0 Å². The predicted octanol–water partition coefficient (Wildman–Crippen LogP) is 4.61. The lowest BCUT2D eigenvalue weighted by Gasteiger charge is -2.32. The molecule has 0 aliphatic rings. The van der Waals surface area contributed by atoms with Crippen molar-refractivity contribution in [3.8, 4) is 0 Å². The van der Waals surface area contributed by atoms with Crippen molar-refractivity contribution < 1.29 is 9.90 Å². The number of thiol groups is 1. The van der Waals surface area contributed by atoms with Crippen LogP contribution in [0.4, 0.5) is 0 Å². The van der Waals surface area contributed by atoms with Crippen molar-refractivity contribution in [3.63, 3.8) is 0 Å². The average Bonchev–Trinajstić information content (AvgIpc) is 2.25. The number of carbonyl (C=O) groups is 1. The molecule has 0 aromatic heterocycles. The largest absolute Gasteiger partial charge is 0.392 e. The highest BCUT2D eigenvalue weighted by Gasteiger charge is 2.35. The van der Waals surface area contributed by atoms with Gasteiger partial charge >= 0.3 is 0 Å². The second kappa shape index (κ2) is 9.82. The van der Waals surface area contributed by atoms with Gasteiger partial charge in [-0.3, -0.25) is 4.79 Å². The summed E-state index contributed by atoms with van der Waals surface area (Å²) >= 11 is 3.93. The van der Waals surface area contributed by atoms with Crippen molar-refractivity contribution in [2.75, 3.05) is 0 Å². The molecule has 2 nitrogen and oxygen atoms in total. The zero-order valence-electron chi connectivity index (χ0n) is 13.1. The number of aliphatic hydroxyl groups is 1. The van der Waals surface area contributed by atoms with E-state index in [2.05, 4.69) is 19.6 Å². The molecule has 3 heteroatoms. The maximum absolute atomic E-state index is 11.5. The summed E-state index contributed by atoms with van der Waals surface area (Å²) in [7, 11) is 0. The van der Waals surface area contributed by atoms with Crippen LogP contribution in [-0.4, -0.2) is 16.3 Å². The van der Waals surface area contributed by atoms with Crippen LogP contribution in [0.2, 0.25) is 0 Å². The number of unbranched alkanes of at least 4 members (excludes halogenated alkanes) is 6. The van der Waals surface area contributed by atoms with Crippen molar-refractivity contribution in [3.05, 3.63) is 0 Å². The first kappa shape index (κ1) is 19.0. The fourth-order valence-electron chi connectivity index (χ4n) is 2.59. The third kappa shape index (κ3) is 8.69. The van der Waals surface area contributed by atoms with Gasteiger partial charge in [0.05, 0.1) is 12.0 Å². The third-order valence-electron chi connectivity index (χ3n) is 3.69. The molecule has 0 heterocycles. The van der Waals surface area contributed by atoms with Gasteiger partial charge in [0.25, 0.3) is 0 Å². The Morgan fingerprint density at radius 3 is 1.95 bits per heavy atom. The Labute approximate surface area is 124 Å². The third-order valence-corrected chi connectivity index (χ3v) is 3.97. The first-order valence-electron chi connectivity index (χ1n) is 7.71. The van der Waals surface area contributed by atoms with Crippen LogP contribution in [0, 0.1) is 11.3 Å². The Balaban J connectivity index is 3.89. The van der Waals surface area contributed by atoms with Gasteiger partial charge in [0.1, 0.15) is 0 Å². The molecular formula is C16H32O2S. The molecule has 0 saturated heterocycles. The van der Waals surface area contributed by atoms with Gasteiger partial charge in [-0.25, -0.2) is 0 Å². The van der Waals surface area contributed by atoms with Crippen molar-refractivity contribution in [1.29, 1.82) is 0 Å². The van der Waals surface area contributed by atoms with E-state index in [0.29, 0.717) is 6.42 Å². The van der Waals surface area contributed by atoms with Gasteiger partial charge in [-0.15, -0.1) is 12.6 Å². The lowest BCUT2D eigenvalue weighted by molar-refractivity contribution is -0.122. The minimum Gasteiger partial charge on any atom is -0.392 e. The molecule has 2 unspecified atom stereocenters. The highest BCUT2D eigenvalue weighted by molar-refractivity contribution is 7.96. The van der Waals surface area contributed by atoms with Crippen molar-refractivity contribution in [2.24, 2.45) is 11.3 Å². The Morgan fingerprint density at radius 1 is 1.05 bits per heavy atom. The molecule has 0 rings (SSSR count). The van der Waals surface area contributed by atoms with Crippen LogP contribution in [0.15, 0.2) is 0 Å². The van der Waals surface area contributed by atoms with Gasteiger partial charge in [-0.1, -0.05) is 72.6 Å². The van der Waals surface area contributed by atoms with Crippen molar-refractivity contribution in [2.45, 2.75) is 85.2 Å². The average molecular weight is 288 g/mol. The number of rotatable bonds is 10. The Bertz CT molecular complexity index is 246. The van der Waals surface area contributed by atoms with E-state index < -0.39 is 6.10 Å². The zero-order chi connectivity index (χ0) is 14.9. The van der Waals surface area contributed by atoms with Gasteiger partial charge in [0, 0.05) is 0 Å². The van der Waals surface area contributed by atoms with Crippen molar-refractivity contribution >= 4 is 17.7 Å². The smallest absolute Gasteiger partial charge is 0.192 e. The SMILES string of the molecule is CCCCCCCCCC(O)C(C(=O)S)C(C)(C)C. The molecule has 0 spiro atoms. The highest BCUT2D eigenvalue weighted by Crippen LogP contribution is 2.32. The lowest BCUT2D eigenvalue weighted by atomic mass is 9.77. The van der Waals surface area contributed by atoms with Crippen LogP contribution < -0.4 is 0 Å². The summed E-state index contributed by atoms with van der Waals surface area (Å²) in [5.74, 6) is -0.365. The van der Waals surface area contributed by atoms with E-state index in [1.807, 2.05) is 20.8 Å². The summed E-state index contributed by atoms with van der Waals surface area (Å²) < 4.78 is 0. The summed E-state index contributed by atoms with van der Waals surface area (Å²) in [6.45, 7) is 8.18. The van der Waals surface area contributed by atoms with E-state index in [1.54, 1.807) is 0 Å². The molecule has 1 N–H and O–H groups in total. The molecule has 0 aliphatic heterocycles. The highest BCUT2D eigenvalue weighted by atomic mass is 32.1. The molecule has 0 fully saturated rings. The van der Waals surface area contributed by atoms with E-state index in [0.717, 1.165) is 12.8 Å². The van der Waals surface area contributed by atoms with E-state index in [4.69, 9.17) is 0 Å². The van der Waals surface area contributed by atoms with Crippen LogP contribution in [0.25, 0.3) is 0 Å². The number of carbonyl (C=O) groups excluding carboxylic acids is 1. The molecule has 0 bridgehead atoms. The maximum Gasteiger partial charge on any atom is 0.192 e. The number of aliphatic hydroxyl groups excluding tert-OH is 1. The van der Waals surface area contributed by atoms with Gasteiger partial charge < -0.3 is 5.11 Å². The van der Waals surface area contributed by atoms with Gasteiger partial charge in [0.2, 0.25) is 0 Å². The molecule has 19 heavy (non-hydrogen) atoms. The molecule has 0 saturated carbocycles. The maximum atomic E-state index is 11.5. The lowest BCUT2D eigenvalue weighted by Crippen LogP contribution is -2.36. The second-order valence-corrected chi connectivity index (χ2v) is 7.10. The Morgan fingerprint density at radius 2 is 1.53 bits per heavy atom. The van der Waals surface area contributed by atoms with E-state index in [9.17, 15) is 9.90 Å². The molecule has 0 aliphatic carbocycles. The van der Waals surface area contributed by atoms with Gasteiger partial charge in [-0.05, 0) is 11.8 Å². The minimum absolute atomic E-state index is 0.192. The van der Waals surface area contributed by atoms with E-state index >= 15 is 0 Å². The molecular weight excluding hydrogens is 256 g/mol. The molecule has 114 valence electrons. The second-order valence-electron chi connectivity index (χ2n) is 6.66. The number of hydrogen-bond donors (Lipinski definition) is 2. The fraction of sp³-hybridized carbons (Fsp3) is 0.938. The fourth-order valence-corrected chi connectivity index (χ4v) is 3.15. The first-order chi connectivity index (χ1) is 8.80. The molecule has 0 aromatic rings. The molecule has 0 aromatic carbocycles. The predicted molar refractivity (Wildman–Crippen MR) is 85.6 cm³/mol. The van der Waals surface area contributed by atoms with Crippen LogP contribution in [-0.2, 0) is 4.79 Å². The topological polar surface area (TPSA) is 37.3 Å². The standard InChI is InChI=1S/C16H32O2S/c1-5-6-7-8-9-10-11-12-13(17)14(15(18)19)16(2,3)4/h13-14,17H,5-12H2,1-4H3,(H,18,19). The number of hydrogen-bond acceptors (Lipinski definition) is 2.